The molecule has 0 aliphatic rings. The smallest absolute Gasteiger partial charge is 0.452 e. The Hall–Kier alpha value is -1.56. The number of carbonyl (C=O) groups excluding carboxylic acids is 1. The fourth-order valence-electron chi connectivity index (χ4n) is 3.93. The highest BCUT2D eigenvalue weighted by atomic mass is 28.3. The Bertz CT molecular complexity index is 629. The normalized spacial score (nSPS) is 14.0. The van der Waals surface area contributed by atoms with Crippen molar-refractivity contribution in [3.8, 4) is 0 Å². The van der Waals surface area contributed by atoms with E-state index in [9.17, 15) is 18.0 Å². The van der Waals surface area contributed by atoms with Crippen molar-refractivity contribution in [3.63, 3.8) is 0 Å². The zero-order valence-corrected chi connectivity index (χ0v) is 19.1. The van der Waals surface area contributed by atoms with Gasteiger partial charge in [-0.15, -0.1) is 0 Å². The van der Waals surface area contributed by atoms with Gasteiger partial charge in [-0.25, -0.2) is 4.79 Å². The topological polar surface area (TPSA) is 26.3 Å². The fourth-order valence-corrected chi connectivity index (χ4v) is 8.12. The minimum Gasteiger partial charge on any atom is -0.452 e. The third-order valence-corrected chi connectivity index (χ3v) is 11.7. The Kier molecular flexibility index (Phi) is 10.7. The molecule has 0 bridgehead atoms. The largest absolute Gasteiger partial charge is 0.490 e. The molecule has 0 amide bonds. The number of hydrogen-bond acceptors (Lipinski definition) is 2. The minimum absolute atomic E-state index is 0.374. The van der Waals surface area contributed by atoms with Crippen LogP contribution < -0.4 is 0 Å². The van der Waals surface area contributed by atoms with E-state index in [0.717, 1.165) is 48.2 Å². The number of hydrogen-bond donors (Lipinski definition) is 0. The lowest BCUT2D eigenvalue weighted by Gasteiger charge is -2.36. The average Bonchev–Trinajstić information content (AvgIpc) is 2.71. The molecule has 6 heteroatoms. The van der Waals surface area contributed by atoms with Crippen molar-refractivity contribution < 1.29 is 22.7 Å². The molecule has 1 rings (SSSR count). The highest BCUT2D eigenvalue weighted by molar-refractivity contribution is 6.86. The molecule has 0 spiro atoms. The monoisotopic (exact) mass is 428 g/mol. The van der Waals surface area contributed by atoms with Gasteiger partial charge in [-0.2, -0.15) is 13.2 Å². The van der Waals surface area contributed by atoms with Crippen LogP contribution in [0.3, 0.4) is 0 Å². The summed E-state index contributed by atoms with van der Waals surface area (Å²) >= 11 is 0. The predicted molar refractivity (Wildman–Crippen MR) is 116 cm³/mol. The van der Waals surface area contributed by atoms with Crippen LogP contribution in [0.1, 0.15) is 58.9 Å². The summed E-state index contributed by atoms with van der Waals surface area (Å²) in [5.41, 5.74) is 1.03. The van der Waals surface area contributed by atoms with Gasteiger partial charge >= 0.3 is 12.1 Å². The second-order valence-electron chi connectivity index (χ2n) is 7.56. The number of ether oxygens (including phenoxy) is 1. The van der Waals surface area contributed by atoms with Crippen molar-refractivity contribution in [3.05, 3.63) is 47.2 Å². The molecule has 0 radical (unpaired) electrons. The number of unbranched alkanes of at least 4 members (excludes halogenated alkanes) is 2. The highest BCUT2D eigenvalue weighted by Gasteiger charge is 2.44. The zero-order chi connectivity index (χ0) is 21.9. The molecule has 1 unspecified atom stereocenters. The molecule has 1 atom stereocenters. The van der Waals surface area contributed by atoms with Gasteiger partial charge in [-0.1, -0.05) is 95.1 Å². The van der Waals surface area contributed by atoms with Crippen LogP contribution in [0, 0.1) is 0 Å². The first kappa shape index (κ1) is 25.5. The van der Waals surface area contributed by atoms with E-state index in [4.69, 9.17) is 4.74 Å². The Balaban J connectivity index is 3.28. The number of allylic oxidation sites excluding steroid dienone is 1. The second-order valence-corrected chi connectivity index (χ2v) is 12.8. The van der Waals surface area contributed by atoms with Crippen LogP contribution in [0.15, 0.2) is 41.6 Å². The summed E-state index contributed by atoms with van der Waals surface area (Å²) in [6.07, 6.45) is 0.0600. The van der Waals surface area contributed by atoms with Gasteiger partial charge in [0.1, 0.15) is 6.10 Å². The van der Waals surface area contributed by atoms with E-state index in [-0.39, 0.29) is 0 Å². The van der Waals surface area contributed by atoms with Gasteiger partial charge in [-0.3, -0.25) is 0 Å². The van der Waals surface area contributed by atoms with E-state index in [1.807, 2.05) is 30.3 Å². The number of esters is 1. The van der Waals surface area contributed by atoms with Gasteiger partial charge < -0.3 is 4.74 Å². The lowest BCUT2D eigenvalue weighted by molar-refractivity contribution is -0.203. The lowest BCUT2D eigenvalue weighted by Crippen LogP contribution is -2.43. The maximum atomic E-state index is 13.0. The van der Waals surface area contributed by atoms with Gasteiger partial charge in [-0.05, 0) is 30.0 Å². The molecule has 2 nitrogen and oxygen atoms in total. The Morgan fingerprint density at radius 1 is 1.07 bits per heavy atom. The Morgan fingerprint density at radius 2 is 1.66 bits per heavy atom. The first-order valence-corrected chi connectivity index (χ1v) is 13.4. The van der Waals surface area contributed by atoms with Crippen molar-refractivity contribution in [1.29, 1.82) is 0 Å². The quantitative estimate of drug-likeness (QED) is 0.199. The summed E-state index contributed by atoms with van der Waals surface area (Å²) < 4.78 is 44.2. The maximum absolute atomic E-state index is 13.0. The minimum atomic E-state index is -4.98. The first-order valence-electron chi connectivity index (χ1n) is 10.8. The molecule has 0 N–H and O–H groups in total. The summed E-state index contributed by atoms with van der Waals surface area (Å²) in [4.78, 5) is 11.8. The molecule has 1 aromatic carbocycles. The molecule has 29 heavy (non-hydrogen) atoms. The number of halogens is 3. The van der Waals surface area contributed by atoms with Crippen molar-refractivity contribution >= 4 is 14.0 Å². The molecule has 0 saturated carbocycles. The number of benzene rings is 1. The standard InChI is InChI=1S/C23H35F3O2Si/c1-5-9-11-16-21(29(6-2,7-3)8-4)20(28-22(27)23(24,25)26)18-17-19-14-12-10-13-15-19/h10,12-16,20H,5-9,11,17-18H2,1-4H3/b21-16+. The fraction of sp³-hybridized carbons (Fsp3) is 0.609. The third kappa shape index (κ3) is 7.65. The van der Waals surface area contributed by atoms with Crippen LogP contribution in [-0.2, 0) is 16.0 Å². The van der Waals surface area contributed by atoms with Crippen molar-refractivity contribution in [2.75, 3.05) is 0 Å². The van der Waals surface area contributed by atoms with Crippen LogP contribution >= 0.6 is 0 Å². The van der Waals surface area contributed by atoms with Crippen LogP contribution in [0.4, 0.5) is 13.2 Å². The molecule has 0 aromatic heterocycles. The highest BCUT2D eigenvalue weighted by Crippen LogP contribution is 2.35. The van der Waals surface area contributed by atoms with Crippen molar-refractivity contribution in [1.82, 2.24) is 0 Å². The number of aryl methyl sites for hydroxylation is 1. The molecular weight excluding hydrogens is 393 g/mol. The molecule has 0 fully saturated rings. The van der Waals surface area contributed by atoms with Gasteiger partial charge in [0.2, 0.25) is 0 Å². The van der Waals surface area contributed by atoms with Crippen LogP contribution in [0.25, 0.3) is 0 Å². The first-order chi connectivity index (χ1) is 13.7. The molecule has 0 aliphatic heterocycles. The van der Waals surface area contributed by atoms with E-state index in [0.29, 0.717) is 12.8 Å². The van der Waals surface area contributed by atoms with E-state index in [1.165, 1.54) is 0 Å². The van der Waals surface area contributed by atoms with Gasteiger partial charge in [0, 0.05) is 0 Å². The Morgan fingerprint density at radius 3 is 2.14 bits per heavy atom. The number of alkyl halides is 3. The molecule has 1 aromatic rings. The van der Waals surface area contributed by atoms with Gasteiger partial charge in [0.05, 0.1) is 8.07 Å². The Labute approximate surface area is 174 Å². The second kappa shape index (κ2) is 12.2. The maximum Gasteiger partial charge on any atom is 0.490 e. The van der Waals surface area contributed by atoms with Crippen LogP contribution in [-0.4, -0.2) is 26.3 Å². The summed E-state index contributed by atoms with van der Waals surface area (Å²) in [5.74, 6) is -2.08. The number of rotatable bonds is 12. The van der Waals surface area contributed by atoms with Crippen molar-refractivity contribution in [2.45, 2.75) is 90.2 Å². The molecular formula is C23H35F3O2Si. The van der Waals surface area contributed by atoms with Gasteiger partial charge in [0.15, 0.2) is 0 Å². The predicted octanol–water partition coefficient (Wildman–Crippen LogP) is 7.26. The SMILES string of the molecule is CCCC/C=C(\C(CCc1ccccc1)OC(=O)C(F)(F)F)[Si](CC)(CC)CC. The zero-order valence-electron chi connectivity index (χ0n) is 18.1. The molecule has 164 valence electrons. The lowest BCUT2D eigenvalue weighted by atomic mass is 10.1. The van der Waals surface area contributed by atoms with E-state index >= 15 is 0 Å². The van der Waals surface area contributed by atoms with Crippen LogP contribution in [0.2, 0.25) is 18.1 Å². The summed E-state index contributed by atoms with van der Waals surface area (Å²) in [6, 6.07) is 12.4. The average molecular weight is 429 g/mol. The molecule has 0 heterocycles. The summed E-state index contributed by atoms with van der Waals surface area (Å²) in [6.45, 7) is 8.44. The van der Waals surface area contributed by atoms with Crippen molar-refractivity contribution in [2.24, 2.45) is 0 Å². The number of carbonyl (C=O) groups is 1. The van der Waals surface area contributed by atoms with Gasteiger partial charge in [0.25, 0.3) is 0 Å². The summed E-state index contributed by atoms with van der Waals surface area (Å²) in [7, 11) is -2.01. The molecule has 0 saturated heterocycles. The summed E-state index contributed by atoms with van der Waals surface area (Å²) in [5, 5.41) is 0.993. The van der Waals surface area contributed by atoms with E-state index in [2.05, 4.69) is 33.8 Å². The van der Waals surface area contributed by atoms with E-state index in [1.54, 1.807) is 0 Å². The van der Waals surface area contributed by atoms with E-state index < -0.39 is 26.3 Å². The molecule has 0 aliphatic carbocycles. The van der Waals surface area contributed by atoms with Crippen LogP contribution in [0.5, 0.6) is 0 Å². The third-order valence-electron chi connectivity index (χ3n) is 5.93.